The molecule has 4 N–H and O–H groups in total. The van der Waals surface area contributed by atoms with E-state index in [0.717, 1.165) is 10.7 Å². The van der Waals surface area contributed by atoms with Crippen molar-refractivity contribution in [3.8, 4) is 0 Å². The molecule has 0 aliphatic rings. The maximum atomic E-state index is 7.49. The van der Waals surface area contributed by atoms with Crippen molar-refractivity contribution in [3.05, 3.63) is 34.6 Å². The van der Waals surface area contributed by atoms with Crippen LogP contribution in [0.3, 0.4) is 0 Å². The van der Waals surface area contributed by atoms with E-state index in [1.807, 2.05) is 6.92 Å². The number of aromatic nitrogens is 3. The topological polar surface area (TPSA) is 91.4 Å². The number of nitrogen functional groups attached to an aromatic ring is 1. The summed E-state index contributed by atoms with van der Waals surface area (Å²) in [6.07, 6.45) is 0. The number of halogens is 1. The van der Waals surface area contributed by atoms with Gasteiger partial charge in [0.1, 0.15) is 11.7 Å². The predicted octanol–water partition coefficient (Wildman–Crippen LogP) is 2.20. The summed E-state index contributed by atoms with van der Waals surface area (Å²) in [4.78, 5) is 4.95. The first kappa shape index (κ1) is 11.9. The molecule has 0 unspecified atom stereocenters. The zero-order chi connectivity index (χ0) is 12.4. The average Bonchev–Trinajstić information content (AvgIpc) is 2.63. The van der Waals surface area contributed by atoms with Crippen LogP contribution in [-0.4, -0.2) is 21.0 Å². The van der Waals surface area contributed by atoms with Gasteiger partial charge in [0, 0.05) is 15.5 Å². The van der Waals surface area contributed by atoms with E-state index in [9.17, 15) is 0 Å². The Hall–Kier alpha value is -1.53. The van der Waals surface area contributed by atoms with Crippen molar-refractivity contribution in [3.63, 3.8) is 0 Å². The van der Waals surface area contributed by atoms with Crippen LogP contribution in [-0.2, 0) is 0 Å². The summed E-state index contributed by atoms with van der Waals surface area (Å²) in [6.45, 7) is 1.82. The van der Waals surface area contributed by atoms with Crippen LogP contribution < -0.4 is 5.73 Å². The van der Waals surface area contributed by atoms with Crippen LogP contribution >= 0.6 is 23.4 Å². The van der Waals surface area contributed by atoms with E-state index in [2.05, 4.69) is 15.2 Å². The quantitative estimate of drug-likeness (QED) is 0.587. The van der Waals surface area contributed by atoms with E-state index in [1.165, 1.54) is 11.8 Å². The van der Waals surface area contributed by atoms with Crippen LogP contribution in [0.2, 0.25) is 5.02 Å². The number of amidine groups is 1. The summed E-state index contributed by atoms with van der Waals surface area (Å²) in [5.41, 5.74) is 6.13. The second kappa shape index (κ2) is 4.77. The van der Waals surface area contributed by atoms with E-state index >= 15 is 0 Å². The van der Waals surface area contributed by atoms with Crippen molar-refractivity contribution in [2.75, 3.05) is 0 Å². The fraction of sp³-hybridized carbons (Fsp3) is 0.100. The summed E-state index contributed by atoms with van der Waals surface area (Å²) in [5.74, 6) is 0.732. The molecular formula is C10H10ClN5S. The van der Waals surface area contributed by atoms with Gasteiger partial charge in [0.05, 0.1) is 0 Å². The minimum absolute atomic E-state index is 0.00331. The second-order valence-corrected chi connectivity index (χ2v) is 4.81. The molecule has 1 heterocycles. The number of rotatable bonds is 3. The molecule has 0 spiro atoms. The summed E-state index contributed by atoms with van der Waals surface area (Å²) in [6, 6.07) is 5.16. The molecule has 0 radical (unpaired) electrons. The van der Waals surface area contributed by atoms with Gasteiger partial charge in [0.2, 0.25) is 5.16 Å². The molecule has 0 aliphatic heterocycles. The molecule has 0 bridgehead atoms. The molecule has 1 aromatic carbocycles. The number of hydrogen-bond acceptors (Lipinski definition) is 4. The van der Waals surface area contributed by atoms with Crippen LogP contribution in [0.15, 0.2) is 28.3 Å². The standard InChI is InChI=1S/C10H10ClN5S/c1-5-14-10(16-15-5)17-8-4-6(11)2-3-7(8)9(12)13/h2-4H,1H3,(H3,12,13)(H,14,15,16). The van der Waals surface area contributed by atoms with Crippen LogP contribution in [0, 0.1) is 12.3 Å². The maximum absolute atomic E-state index is 7.49. The van der Waals surface area contributed by atoms with Gasteiger partial charge in [-0.3, -0.25) is 10.5 Å². The summed E-state index contributed by atoms with van der Waals surface area (Å²) < 4.78 is 0. The Morgan fingerprint density at radius 2 is 2.29 bits per heavy atom. The molecular weight excluding hydrogens is 258 g/mol. The lowest BCUT2D eigenvalue weighted by molar-refractivity contribution is 0.969. The molecule has 0 saturated heterocycles. The van der Waals surface area contributed by atoms with Crippen LogP contribution in [0.4, 0.5) is 0 Å². The van der Waals surface area contributed by atoms with Gasteiger partial charge in [0.25, 0.3) is 0 Å². The van der Waals surface area contributed by atoms with Gasteiger partial charge < -0.3 is 5.73 Å². The number of H-pyrrole nitrogens is 1. The highest BCUT2D eigenvalue weighted by Gasteiger charge is 2.10. The smallest absolute Gasteiger partial charge is 0.213 e. The summed E-state index contributed by atoms with van der Waals surface area (Å²) >= 11 is 7.24. The first-order chi connectivity index (χ1) is 8.06. The van der Waals surface area contributed by atoms with E-state index in [4.69, 9.17) is 22.7 Å². The van der Waals surface area contributed by atoms with Crippen LogP contribution in [0.25, 0.3) is 0 Å². The van der Waals surface area contributed by atoms with Gasteiger partial charge in [-0.15, -0.1) is 5.10 Å². The van der Waals surface area contributed by atoms with E-state index in [-0.39, 0.29) is 5.84 Å². The molecule has 0 fully saturated rings. The normalized spacial score (nSPS) is 10.5. The number of nitrogens with one attached hydrogen (secondary N) is 2. The zero-order valence-corrected chi connectivity index (χ0v) is 10.6. The highest BCUT2D eigenvalue weighted by Crippen LogP contribution is 2.30. The molecule has 2 rings (SSSR count). The Morgan fingerprint density at radius 3 is 2.88 bits per heavy atom. The van der Waals surface area contributed by atoms with Crippen LogP contribution in [0.1, 0.15) is 11.4 Å². The van der Waals surface area contributed by atoms with Crippen molar-refractivity contribution in [1.82, 2.24) is 15.2 Å². The van der Waals surface area contributed by atoms with Gasteiger partial charge in [-0.25, -0.2) is 4.98 Å². The molecule has 17 heavy (non-hydrogen) atoms. The number of aryl methyl sites for hydroxylation is 1. The van der Waals surface area contributed by atoms with Crippen molar-refractivity contribution in [2.45, 2.75) is 17.0 Å². The van der Waals surface area contributed by atoms with E-state index in [0.29, 0.717) is 15.7 Å². The first-order valence-corrected chi connectivity index (χ1v) is 5.96. The average molecular weight is 268 g/mol. The van der Waals surface area contributed by atoms with Gasteiger partial charge >= 0.3 is 0 Å². The fourth-order valence-electron chi connectivity index (χ4n) is 1.27. The zero-order valence-electron chi connectivity index (χ0n) is 8.99. The third-order valence-corrected chi connectivity index (χ3v) is 3.17. The minimum Gasteiger partial charge on any atom is -0.384 e. The predicted molar refractivity (Wildman–Crippen MR) is 67.7 cm³/mol. The Balaban J connectivity index is 2.37. The van der Waals surface area contributed by atoms with Crippen molar-refractivity contribution < 1.29 is 0 Å². The third kappa shape index (κ3) is 2.78. The molecule has 0 aliphatic carbocycles. The van der Waals surface area contributed by atoms with E-state index < -0.39 is 0 Å². The maximum Gasteiger partial charge on any atom is 0.213 e. The summed E-state index contributed by atoms with van der Waals surface area (Å²) in [7, 11) is 0. The Kier molecular flexibility index (Phi) is 3.35. The molecule has 88 valence electrons. The van der Waals surface area contributed by atoms with Crippen LogP contribution in [0.5, 0.6) is 0 Å². The van der Waals surface area contributed by atoms with Gasteiger partial charge in [0.15, 0.2) is 0 Å². The van der Waals surface area contributed by atoms with Crippen molar-refractivity contribution in [1.29, 1.82) is 5.41 Å². The SMILES string of the molecule is Cc1nc(Sc2cc(Cl)ccc2C(=N)N)n[nH]1. The second-order valence-electron chi connectivity index (χ2n) is 3.36. The lowest BCUT2D eigenvalue weighted by atomic mass is 10.2. The van der Waals surface area contributed by atoms with Crippen molar-refractivity contribution in [2.24, 2.45) is 5.73 Å². The molecule has 1 aromatic heterocycles. The number of hydrogen-bond donors (Lipinski definition) is 3. The number of nitrogens with two attached hydrogens (primary N) is 1. The Bertz CT molecular complexity index is 566. The van der Waals surface area contributed by atoms with Gasteiger partial charge in [-0.1, -0.05) is 11.6 Å². The monoisotopic (exact) mass is 267 g/mol. The number of benzene rings is 1. The van der Waals surface area contributed by atoms with Crippen molar-refractivity contribution >= 4 is 29.2 Å². The lowest BCUT2D eigenvalue weighted by Crippen LogP contribution is -2.12. The molecule has 0 atom stereocenters. The molecule has 0 amide bonds. The minimum atomic E-state index is -0.00331. The molecule has 2 aromatic rings. The molecule has 7 heteroatoms. The Morgan fingerprint density at radius 1 is 1.53 bits per heavy atom. The highest BCUT2D eigenvalue weighted by atomic mass is 35.5. The lowest BCUT2D eigenvalue weighted by Gasteiger charge is -2.05. The summed E-state index contributed by atoms with van der Waals surface area (Å²) in [5, 5.41) is 15.4. The van der Waals surface area contributed by atoms with E-state index in [1.54, 1.807) is 18.2 Å². The molecule has 0 saturated carbocycles. The van der Waals surface area contributed by atoms with Gasteiger partial charge in [-0.05, 0) is 36.9 Å². The largest absolute Gasteiger partial charge is 0.384 e. The fourth-order valence-corrected chi connectivity index (χ4v) is 2.45. The first-order valence-electron chi connectivity index (χ1n) is 4.77. The van der Waals surface area contributed by atoms with Gasteiger partial charge in [-0.2, -0.15) is 0 Å². The molecule has 5 nitrogen and oxygen atoms in total. The number of aromatic amines is 1. The highest BCUT2D eigenvalue weighted by molar-refractivity contribution is 7.99. The Labute approximate surface area is 107 Å². The number of nitrogens with zero attached hydrogens (tertiary/aromatic N) is 2. The third-order valence-electron chi connectivity index (χ3n) is 2.01.